The monoisotopic (exact) mass is 180 g/mol. The smallest absolute Gasteiger partial charge is 0.111 e. The number of aliphatic hydroxyl groups excluding tert-OH is 4. The fourth-order valence-electron chi connectivity index (χ4n) is 0.827. The van der Waals surface area contributed by atoms with Crippen LogP contribution >= 0.6 is 0 Å². The zero-order valence-corrected chi connectivity index (χ0v) is 7.21. The lowest BCUT2D eigenvalue weighted by atomic mass is 10.0. The second-order valence-electron chi connectivity index (χ2n) is 2.68. The van der Waals surface area contributed by atoms with Crippen LogP contribution in [0.4, 0.5) is 0 Å². The van der Waals surface area contributed by atoms with Crippen LogP contribution < -0.4 is 0 Å². The molecule has 5 nitrogen and oxygen atoms in total. The summed E-state index contributed by atoms with van der Waals surface area (Å²) in [5.74, 6) is 0. The predicted molar refractivity (Wildman–Crippen MR) is 41.6 cm³/mol. The Kier molecular flexibility index (Phi) is 5.36. The van der Waals surface area contributed by atoms with Gasteiger partial charge in [0, 0.05) is 7.11 Å². The van der Waals surface area contributed by atoms with Gasteiger partial charge >= 0.3 is 0 Å². The summed E-state index contributed by atoms with van der Waals surface area (Å²) in [6, 6.07) is 0. The molecule has 0 amide bonds. The fourth-order valence-corrected chi connectivity index (χ4v) is 0.827. The summed E-state index contributed by atoms with van der Waals surface area (Å²) in [5.41, 5.74) is 0. The van der Waals surface area contributed by atoms with Crippen LogP contribution in [0.3, 0.4) is 0 Å². The Bertz CT molecular complexity index is 110. The van der Waals surface area contributed by atoms with E-state index in [-0.39, 0.29) is 0 Å². The molecule has 0 saturated heterocycles. The molecule has 0 spiro atoms. The van der Waals surface area contributed by atoms with E-state index < -0.39 is 31.0 Å². The van der Waals surface area contributed by atoms with Crippen molar-refractivity contribution < 1.29 is 25.2 Å². The molecular weight excluding hydrogens is 164 g/mol. The van der Waals surface area contributed by atoms with Crippen LogP contribution in [0.5, 0.6) is 0 Å². The molecule has 0 fully saturated rings. The van der Waals surface area contributed by atoms with Crippen LogP contribution in [0.15, 0.2) is 0 Å². The summed E-state index contributed by atoms with van der Waals surface area (Å²) < 4.78 is 4.66. The Morgan fingerprint density at radius 2 is 1.67 bits per heavy atom. The lowest BCUT2D eigenvalue weighted by molar-refractivity contribution is -0.121. The van der Waals surface area contributed by atoms with E-state index >= 15 is 0 Å². The van der Waals surface area contributed by atoms with Crippen molar-refractivity contribution in [1.29, 1.82) is 0 Å². The van der Waals surface area contributed by atoms with Crippen LogP contribution in [0.2, 0.25) is 0 Å². The summed E-state index contributed by atoms with van der Waals surface area (Å²) in [6.07, 6.45) is -4.50. The molecule has 0 radical (unpaired) electrons. The lowest BCUT2D eigenvalue weighted by Crippen LogP contribution is -2.45. The Morgan fingerprint density at radius 1 is 1.17 bits per heavy atom. The van der Waals surface area contributed by atoms with Crippen molar-refractivity contribution in [3.8, 4) is 0 Å². The number of rotatable bonds is 5. The topological polar surface area (TPSA) is 90.2 Å². The van der Waals surface area contributed by atoms with Gasteiger partial charge in [-0.05, 0) is 6.92 Å². The van der Waals surface area contributed by atoms with Gasteiger partial charge in [0.25, 0.3) is 0 Å². The largest absolute Gasteiger partial charge is 0.394 e. The van der Waals surface area contributed by atoms with Crippen molar-refractivity contribution in [2.45, 2.75) is 31.3 Å². The summed E-state index contributed by atoms with van der Waals surface area (Å²) in [5, 5.41) is 35.9. The molecule has 0 unspecified atom stereocenters. The minimum absolute atomic E-state index is 0.401. The molecular formula is C7H16O5. The highest BCUT2D eigenvalue weighted by Crippen LogP contribution is 2.06. The van der Waals surface area contributed by atoms with Crippen LogP contribution in [0.1, 0.15) is 6.92 Å². The second-order valence-corrected chi connectivity index (χ2v) is 2.68. The molecule has 0 aromatic rings. The molecule has 74 valence electrons. The van der Waals surface area contributed by atoms with E-state index in [4.69, 9.17) is 15.3 Å². The number of hydrogen-bond donors (Lipinski definition) is 4. The third kappa shape index (κ3) is 3.04. The van der Waals surface area contributed by atoms with Crippen molar-refractivity contribution in [2.75, 3.05) is 13.7 Å². The molecule has 4 atom stereocenters. The minimum atomic E-state index is -1.30. The van der Waals surface area contributed by atoms with Crippen molar-refractivity contribution in [1.82, 2.24) is 0 Å². The van der Waals surface area contributed by atoms with Crippen molar-refractivity contribution in [3.05, 3.63) is 0 Å². The van der Waals surface area contributed by atoms with Crippen LogP contribution in [0, 0.1) is 0 Å². The maximum absolute atomic E-state index is 9.25. The summed E-state index contributed by atoms with van der Waals surface area (Å²) >= 11 is 0. The Morgan fingerprint density at radius 3 is 1.92 bits per heavy atom. The lowest BCUT2D eigenvalue weighted by Gasteiger charge is -2.25. The average molecular weight is 180 g/mol. The van der Waals surface area contributed by atoms with Gasteiger partial charge in [0.1, 0.15) is 18.3 Å². The van der Waals surface area contributed by atoms with Gasteiger partial charge < -0.3 is 25.2 Å². The zero-order valence-electron chi connectivity index (χ0n) is 7.21. The van der Waals surface area contributed by atoms with E-state index in [2.05, 4.69) is 4.74 Å². The molecule has 4 N–H and O–H groups in total. The van der Waals surface area contributed by atoms with Crippen LogP contribution in [-0.2, 0) is 4.74 Å². The Balaban J connectivity index is 4.05. The highest BCUT2D eigenvalue weighted by atomic mass is 16.5. The van der Waals surface area contributed by atoms with Gasteiger partial charge in [-0.3, -0.25) is 0 Å². The van der Waals surface area contributed by atoms with E-state index in [0.717, 1.165) is 0 Å². The van der Waals surface area contributed by atoms with E-state index in [1.165, 1.54) is 14.0 Å². The van der Waals surface area contributed by atoms with E-state index in [9.17, 15) is 5.11 Å². The van der Waals surface area contributed by atoms with Gasteiger partial charge in [-0.25, -0.2) is 0 Å². The van der Waals surface area contributed by atoms with Crippen LogP contribution in [-0.4, -0.2) is 58.6 Å². The first-order valence-corrected chi connectivity index (χ1v) is 3.72. The number of ether oxygens (including phenoxy) is 1. The summed E-state index contributed by atoms with van der Waals surface area (Å²) in [7, 11) is 1.30. The first kappa shape index (κ1) is 11.8. The molecule has 0 bridgehead atoms. The predicted octanol–water partition coefficient (Wildman–Crippen LogP) is -1.90. The molecule has 0 aromatic carbocycles. The Hall–Kier alpha value is -0.200. The summed E-state index contributed by atoms with van der Waals surface area (Å²) in [6.45, 7) is 0.944. The van der Waals surface area contributed by atoms with Gasteiger partial charge in [-0.15, -0.1) is 0 Å². The number of methoxy groups -OCH3 is 1. The SMILES string of the molecule is CO[C@H](CO)[C@H](O)[C@H](O)[C@H](C)O. The molecule has 0 rings (SSSR count). The van der Waals surface area contributed by atoms with Gasteiger partial charge in [-0.2, -0.15) is 0 Å². The van der Waals surface area contributed by atoms with Gasteiger partial charge in [0.05, 0.1) is 12.7 Å². The van der Waals surface area contributed by atoms with Crippen molar-refractivity contribution >= 4 is 0 Å². The first-order chi connectivity index (χ1) is 5.54. The maximum atomic E-state index is 9.25. The van der Waals surface area contributed by atoms with Crippen molar-refractivity contribution in [2.24, 2.45) is 0 Å². The van der Waals surface area contributed by atoms with Crippen LogP contribution in [0.25, 0.3) is 0 Å². The number of hydrogen-bond acceptors (Lipinski definition) is 5. The molecule has 12 heavy (non-hydrogen) atoms. The molecule has 0 aliphatic rings. The maximum Gasteiger partial charge on any atom is 0.111 e. The quantitative estimate of drug-likeness (QED) is 0.396. The average Bonchev–Trinajstić information content (AvgIpc) is 2.05. The first-order valence-electron chi connectivity index (χ1n) is 3.72. The highest BCUT2D eigenvalue weighted by molar-refractivity contribution is 4.79. The highest BCUT2D eigenvalue weighted by Gasteiger charge is 2.28. The number of aliphatic hydroxyl groups is 4. The molecule has 0 aliphatic carbocycles. The van der Waals surface area contributed by atoms with E-state index in [1.54, 1.807) is 0 Å². The van der Waals surface area contributed by atoms with Gasteiger partial charge in [-0.1, -0.05) is 0 Å². The van der Waals surface area contributed by atoms with E-state index in [1.807, 2.05) is 0 Å². The standard InChI is InChI=1S/C7H16O5/c1-4(9)6(10)7(11)5(3-8)12-2/h4-11H,3H2,1-2H3/t4-,5+,6+,7-/m0/s1. The minimum Gasteiger partial charge on any atom is -0.394 e. The van der Waals surface area contributed by atoms with Crippen molar-refractivity contribution in [3.63, 3.8) is 0 Å². The van der Waals surface area contributed by atoms with E-state index in [0.29, 0.717) is 0 Å². The molecule has 5 heteroatoms. The third-order valence-corrected chi connectivity index (χ3v) is 1.71. The second kappa shape index (κ2) is 5.45. The molecule has 0 aromatic heterocycles. The molecule has 0 heterocycles. The zero-order chi connectivity index (χ0) is 9.72. The third-order valence-electron chi connectivity index (χ3n) is 1.71. The Labute approximate surface area is 71.2 Å². The summed E-state index contributed by atoms with van der Waals surface area (Å²) in [4.78, 5) is 0. The normalized spacial score (nSPS) is 21.5. The van der Waals surface area contributed by atoms with Gasteiger partial charge in [0.2, 0.25) is 0 Å². The molecule has 0 saturated carbocycles. The fraction of sp³-hybridized carbons (Fsp3) is 1.00. The molecule has 0 aliphatic heterocycles. The van der Waals surface area contributed by atoms with Gasteiger partial charge in [0.15, 0.2) is 0 Å².